The van der Waals surface area contributed by atoms with E-state index in [1.807, 2.05) is 25.1 Å². The summed E-state index contributed by atoms with van der Waals surface area (Å²) in [6.45, 7) is 6.09. The van der Waals surface area contributed by atoms with Gasteiger partial charge in [0.25, 0.3) is 0 Å². The second kappa shape index (κ2) is 7.54. The van der Waals surface area contributed by atoms with Crippen molar-refractivity contribution < 1.29 is 9.53 Å². The smallest absolute Gasteiger partial charge is 0.339 e. The standard InChI is InChI=1S/C26H25O2S/c1-5-26(4,22-14-13-18(2)15-22)28-25(27)21-10-8-11-23(17-21)29-19(3)16-20-9-6-7-12-24(20)29/h1,6-12,15-17,22H,13-14H2,2-4H3/q+1. The minimum Gasteiger partial charge on any atom is -0.442 e. The molecular formula is C26H25O2S+. The van der Waals surface area contributed by atoms with Crippen LogP contribution in [0, 0.1) is 25.2 Å². The van der Waals surface area contributed by atoms with Gasteiger partial charge in [0.2, 0.25) is 0 Å². The summed E-state index contributed by atoms with van der Waals surface area (Å²) >= 11 is 0. The van der Waals surface area contributed by atoms with E-state index in [0.717, 1.165) is 17.7 Å². The normalized spacial score (nSPS) is 18.8. The van der Waals surface area contributed by atoms with Gasteiger partial charge in [-0.2, -0.15) is 0 Å². The van der Waals surface area contributed by atoms with Crippen molar-refractivity contribution in [3.05, 3.63) is 76.7 Å². The molecule has 4 rings (SSSR count). The van der Waals surface area contributed by atoms with E-state index in [1.54, 1.807) is 0 Å². The quantitative estimate of drug-likeness (QED) is 0.208. The van der Waals surface area contributed by atoms with Crippen LogP contribution in [0.1, 0.15) is 41.9 Å². The van der Waals surface area contributed by atoms with Crippen molar-refractivity contribution in [2.24, 2.45) is 5.92 Å². The lowest BCUT2D eigenvalue weighted by Crippen LogP contribution is -2.36. The topological polar surface area (TPSA) is 26.3 Å². The molecule has 3 atom stereocenters. The van der Waals surface area contributed by atoms with Crippen molar-refractivity contribution in [1.29, 1.82) is 0 Å². The summed E-state index contributed by atoms with van der Waals surface area (Å²) in [5.41, 5.74) is 0.924. The molecule has 0 spiro atoms. The zero-order valence-electron chi connectivity index (χ0n) is 17.1. The molecule has 1 aliphatic rings. The molecule has 29 heavy (non-hydrogen) atoms. The van der Waals surface area contributed by atoms with Crippen LogP contribution in [0.4, 0.5) is 0 Å². The first kappa shape index (κ1) is 19.5. The van der Waals surface area contributed by atoms with Crippen LogP contribution in [0.2, 0.25) is 0 Å². The molecule has 1 aromatic heterocycles. The van der Waals surface area contributed by atoms with Crippen LogP contribution in [0.15, 0.2) is 66.2 Å². The van der Waals surface area contributed by atoms with Gasteiger partial charge in [-0.3, -0.25) is 0 Å². The number of ether oxygens (including phenoxy) is 1. The fourth-order valence-corrected chi connectivity index (χ4v) is 6.35. The third-order valence-electron chi connectivity index (χ3n) is 5.76. The number of carbonyl (C=O) groups excluding carboxylic acids is 1. The number of carbonyl (C=O) groups is 1. The number of allylic oxidation sites excluding steroid dienone is 1. The van der Waals surface area contributed by atoms with Gasteiger partial charge in [-0.05, 0) is 51.0 Å². The first-order valence-electron chi connectivity index (χ1n) is 9.91. The van der Waals surface area contributed by atoms with E-state index in [0.29, 0.717) is 5.56 Å². The summed E-state index contributed by atoms with van der Waals surface area (Å²) in [4.78, 5) is 15.4. The van der Waals surface area contributed by atoms with Crippen molar-refractivity contribution in [1.82, 2.24) is 0 Å². The summed E-state index contributed by atoms with van der Waals surface area (Å²) in [5.74, 6) is 2.44. The van der Waals surface area contributed by atoms with Crippen LogP contribution >= 0.6 is 10.5 Å². The summed E-state index contributed by atoms with van der Waals surface area (Å²) in [5, 5.41) is 1.25. The molecule has 0 radical (unpaired) electrons. The Bertz CT molecular complexity index is 1160. The molecule has 0 bridgehead atoms. The van der Waals surface area contributed by atoms with Crippen molar-refractivity contribution in [2.45, 2.75) is 39.2 Å². The average Bonchev–Trinajstić information content (AvgIpc) is 3.30. The molecular weight excluding hydrogens is 376 g/mol. The summed E-state index contributed by atoms with van der Waals surface area (Å²) < 4.78 is 7.19. The molecule has 0 fully saturated rings. The van der Waals surface area contributed by atoms with Crippen molar-refractivity contribution in [3.8, 4) is 17.2 Å². The minimum atomic E-state index is -0.928. The molecule has 0 N–H and O–H groups in total. The van der Waals surface area contributed by atoms with Crippen LogP contribution in [0.3, 0.4) is 0 Å². The third kappa shape index (κ3) is 3.61. The monoisotopic (exact) mass is 401 g/mol. The number of esters is 1. The Morgan fingerprint density at radius 2 is 1.97 bits per heavy atom. The van der Waals surface area contributed by atoms with Crippen LogP contribution < -0.4 is 0 Å². The third-order valence-corrected chi connectivity index (χ3v) is 8.06. The predicted octanol–water partition coefficient (Wildman–Crippen LogP) is 6.79. The highest BCUT2D eigenvalue weighted by Crippen LogP contribution is 2.43. The molecule has 2 nitrogen and oxygen atoms in total. The number of fused-ring (bicyclic) bond motifs is 1. The molecule has 3 unspecified atom stereocenters. The lowest BCUT2D eigenvalue weighted by Gasteiger charge is -2.29. The Balaban J connectivity index is 1.66. The summed E-state index contributed by atoms with van der Waals surface area (Å²) in [6, 6.07) is 18.4. The largest absolute Gasteiger partial charge is 0.442 e. The highest BCUT2D eigenvalue weighted by molar-refractivity contribution is 7.45. The van der Waals surface area contributed by atoms with Crippen molar-refractivity contribution in [2.75, 3.05) is 0 Å². The Morgan fingerprint density at radius 1 is 1.17 bits per heavy atom. The van der Waals surface area contributed by atoms with E-state index < -0.39 is 5.60 Å². The lowest BCUT2D eigenvalue weighted by atomic mass is 9.89. The van der Waals surface area contributed by atoms with Gasteiger partial charge < -0.3 is 4.74 Å². The molecule has 1 aliphatic carbocycles. The molecule has 3 aromatic rings. The predicted molar refractivity (Wildman–Crippen MR) is 122 cm³/mol. The van der Waals surface area contributed by atoms with Gasteiger partial charge >= 0.3 is 5.97 Å². The highest BCUT2D eigenvalue weighted by atomic mass is 32.2. The van der Waals surface area contributed by atoms with Gasteiger partial charge in [0.15, 0.2) is 20.1 Å². The van der Waals surface area contributed by atoms with Crippen LogP contribution in [-0.4, -0.2) is 11.6 Å². The molecule has 146 valence electrons. The molecule has 0 aliphatic heterocycles. The number of aryl methyl sites for hydroxylation is 1. The Morgan fingerprint density at radius 3 is 2.69 bits per heavy atom. The first-order chi connectivity index (χ1) is 13.9. The fourth-order valence-electron chi connectivity index (χ4n) is 4.09. The fraction of sp³-hybridized carbons (Fsp3) is 0.269. The summed E-state index contributed by atoms with van der Waals surface area (Å²) in [7, 11) is -0.165. The molecule has 1 heterocycles. The van der Waals surface area contributed by atoms with Gasteiger partial charge in [0, 0.05) is 40.8 Å². The van der Waals surface area contributed by atoms with Crippen LogP contribution in [0.5, 0.6) is 0 Å². The van der Waals surface area contributed by atoms with Gasteiger partial charge in [0.05, 0.1) is 5.56 Å². The van der Waals surface area contributed by atoms with Crippen LogP contribution in [0.25, 0.3) is 15.0 Å². The second-order valence-corrected chi connectivity index (χ2v) is 10.1. The van der Waals surface area contributed by atoms with E-state index in [1.165, 1.54) is 20.5 Å². The molecule has 0 saturated carbocycles. The number of benzene rings is 2. The molecule has 2 aromatic carbocycles. The first-order valence-corrected chi connectivity index (χ1v) is 11.1. The maximum atomic E-state index is 13.0. The molecule has 0 saturated heterocycles. The second-order valence-electron chi connectivity index (χ2n) is 7.93. The number of hydrogen-bond donors (Lipinski definition) is 0. The highest BCUT2D eigenvalue weighted by Gasteiger charge is 2.37. The number of thiophene rings is 1. The lowest BCUT2D eigenvalue weighted by molar-refractivity contribution is -0.000688. The Labute approximate surface area is 175 Å². The number of terminal acetylenes is 1. The zero-order valence-corrected chi connectivity index (χ0v) is 17.9. The van der Waals surface area contributed by atoms with Crippen LogP contribution in [-0.2, 0) is 4.74 Å². The maximum absolute atomic E-state index is 13.0. The van der Waals surface area contributed by atoms with Gasteiger partial charge in [0.1, 0.15) is 0 Å². The van der Waals surface area contributed by atoms with E-state index in [2.05, 4.69) is 62.2 Å². The van der Waals surface area contributed by atoms with E-state index >= 15 is 0 Å². The van der Waals surface area contributed by atoms with Gasteiger partial charge in [-0.15, -0.1) is 6.42 Å². The van der Waals surface area contributed by atoms with Crippen molar-refractivity contribution in [3.63, 3.8) is 0 Å². The molecule has 0 amide bonds. The van der Waals surface area contributed by atoms with E-state index in [4.69, 9.17) is 11.2 Å². The van der Waals surface area contributed by atoms with E-state index in [9.17, 15) is 4.79 Å². The summed E-state index contributed by atoms with van der Waals surface area (Å²) in [6.07, 6.45) is 9.87. The van der Waals surface area contributed by atoms with E-state index in [-0.39, 0.29) is 22.4 Å². The average molecular weight is 402 g/mol. The number of hydrogen-bond acceptors (Lipinski definition) is 2. The van der Waals surface area contributed by atoms with Crippen molar-refractivity contribution >= 4 is 26.5 Å². The zero-order chi connectivity index (χ0) is 20.6. The maximum Gasteiger partial charge on any atom is 0.339 e. The Kier molecular flexibility index (Phi) is 5.06. The van der Waals surface area contributed by atoms with Gasteiger partial charge in [-0.25, -0.2) is 4.79 Å². The molecule has 3 heteroatoms. The van der Waals surface area contributed by atoms with Gasteiger partial charge in [-0.1, -0.05) is 35.8 Å². The number of rotatable bonds is 4. The minimum absolute atomic E-state index is 0.0633. The Hall–Kier alpha value is -2.83. The SMILES string of the molecule is C#CC(C)(OC(=O)c1cccc(-[s+]2c(C)cc3ccccc32)c1)C1C=C(C)CC1.